The van der Waals surface area contributed by atoms with Crippen molar-refractivity contribution in [3.8, 4) is 12.3 Å². The van der Waals surface area contributed by atoms with Gasteiger partial charge in [-0.25, -0.2) is 4.79 Å². The number of hydrogen-bond donors (Lipinski definition) is 2. The molecule has 11 heteroatoms. The number of hydrazone groups is 1. The maximum absolute atomic E-state index is 13.7. The van der Waals surface area contributed by atoms with E-state index >= 15 is 0 Å². The van der Waals surface area contributed by atoms with E-state index in [-0.39, 0.29) is 17.0 Å². The Kier molecular flexibility index (Phi) is 7.20. The van der Waals surface area contributed by atoms with Crippen molar-refractivity contribution in [2.75, 3.05) is 18.1 Å². The molecule has 3 aliphatic rings. The summed E-state index contributed by atoms with van der Waals surface area (Å²) < 4.78 is 7.74. The summed E-state index contributed by atoms with van der Waals surface area (Å²) in [6.45, 7) is 0.313. The molecule has 0 bridgehead atoms. The van der Waals surface area contributed by atoms with Gasteiger partial charge in [0.2, 0.25) is 5.91 Å². The number of rotatable bonds is 8. The topological polar surface area (TPSA) is 104 Å². The standard InChI is InChI=1S/C25H24N6O3S2/c1-2-13-29-27-16-28-31(29)36-15-19-14-35-24-20(26)23(32)30(24)21(19)25(33)34-22(17-9-5-3-6-10-17)18-11-7-4-8-12-18/h1,3-12,16,20,22,24H,13-15,26H2,(H,27,28)/t20?,24-/m1/s1. The number of carbonyl (C=O) groups is 2. The Morgan fingerprint density at radius 2 is 1.89 bits per heavy atom. The van der Waals surface area contributed by atoms with Crippen LogP contribution in [0.5, 0.6) is 0 Å². The molecule has 1 fully saturated rings. The lowest BCUT2D eigenvalue weighted by Crippen LogP contribution is -2.68. The molecule has 3 aliphatic heterocycles. The van der Waals surface area contributed by atoms with Crippen molar-refractivity contribution in [1.29, 1.82) is 0 Å². The minimum absolute atomic E-state index is 0.259. The highest BCUT2D eigenvalue weighted by Gasteiger charge is 2.52. The van der Waals surface area contributed by atoms with Gasteiger partial charge in [0, 0.05) is 11.5 Å². The van der Waals surface area contributed by atoms with Crippen LogP contribution in [0, 0.1) is 12.3 Å². The highest BCUT2D eigenvalue weighted by Crippen LogP contribution is 2.41. The van der Waals surface area contributed by atoms with Crippen LogP contribution < -0.4 is 11.2 Å². The molecule has 0 aromatic heterocycles. The van der Waals surface area contributed by atoms with Crippen LogP contribution in [-0.4, -0.2) is 62.2 Å². The summed E-state index contributed by atoms with van der Waals surface area (Å²) in [5, 5.41) is 5.61. The highest BCUT2D eigenvalue weighted by molar-refractivity contribution is 8.00. The fourth-order valence-electron chi connectivity index (χ4n) is 4.11. The van der Waals surface area contributed by atoms with E-state index in [1.165, 1.54) is 23.2 Å². The third kappa shape index (κ3) is 4.68. The van der Waals surface area contributed by atoms with Gasteiger partial charge in [0.05, 0.1) is 0 Å². The number of terminal acetylenes is 1. The Balaban J connectivity index is 1.43. The quantitative estimate of drug-likeness (QED) is 0.234. The first-order valence-electron chi connectivity index (χ1n) is 11.2. The van der Waals surface area contributed by atoms with Crippen LogP contribution in [0.1, 0.15) is 17.2 Å². The van der Waals surface area contributed by atoms with E-state index < -0.39 is 18.1 Å². The molecule has 184 valence electrons. The van der Waals surface area contributed by atoms with Gasteiger partial charge in [-0.2, -0.15) is 0 Å². The molecule has 1 unspecified atom stereocenters. The number of ether oxygens (including phenoxy) is 1. The van der Waals surface area contributed by atoms with Crippen molar-refractivity contribution in [3.05, 3.63) is 83.1 Å². The molecule has 2 atom stereocenters. The number of nitrogens with one attached hydrogen (secondary N) is 1. The van der Waals surface area contributed by atoms with Crippen molar-refractivity contribution in [2.24, 2.45) is 10.8 Å². The summed E-state index contributed by atoms with van der Waals surface area (Å²) in [7, 11) is 0. The zero-order valence-corrected chi connectivity index (χ0v) is 20.8. The molecule has 0 radical (unpaired) electrons. The first-order valence-corrected chi connectivity index (χ1v) is 13.2. The Morgan fingerprint density at radius 3 is 2.53 bits per heavy atom. The minimum Gasteiger partial charge on any atom is -0.448 e. The number of nitrogens with zero attached hydrogens (tertiary/aromatic N) is 4. The maximum Gasteiger partial charge on any atom is 0.356 e. The second kappa shape index (κ2) is 10.7. The van der Waals surface area contributed by atoms with Crippen LogP contribution in [-0.2, 0) is 14.3 Å². The summed E-state index contributed by atoms with van der Waals surface area (Å²) in [6.07, 6.45) is 6.33. The van der Waals surface area contributed by atoms with Crippen LogP contribution in [0.3, 0.4) is 0 Å². The number of amides is 1. The molecular weight excluding hydrogens is 496 g/mol. The summed E-state index contributed by atoms with van der Waals surface area (Å²) in [6, 6.07) is 18.5. The number of β-lactam (4-membered cyclic amide) rings is 1. The normalized spacial score (nSPS) is 21.2. The van der Waals surface area contributed by atoms with Crippen LogP contribution in [0.25, 0.3) is 0 Å². The van der Waals surface area contributed by atoms with Crippen molar-refractivity contribution in [3.63, 3.8) is 0 Å². The van der Waals surface area contributed by atoms with E-state index in [1.807, 2.05) is 60.7 Å². The molecule has 36 heavy (non-hydrogen) atoms. The lowest BCUT2D eigenvalue weighted by molar-refractivity contribution is -0.153. The number of hydrazine groups is 2. The van der Waals surface area contributed by atoms with E-state index in [0.29, 0.717) is 18.1 Å². The molecular formula is C25H24N6O3S2. The van der Waals surface area contributed by atoms with E-state index in [9.17, 15) is 9.59 Å². The van der Waals surface area contributed by atoms with Crippen LogP contribution in [0.4, 0.5) is 0 Å². The van der Waals surface area contributed by atoms with Gasteiger partial charge in [0.1, 0.15) is 30.0 Å². The summed E-state index contributed by atoms with van der Waals surface area (Å²) in [5.74, 6) is 2.67. The number of benzene rings is 2. The lowest BCUT2D eigenvalue weighted by Gasteiger charge is -2.48. The molecule has 3 heterocycles. The van der Waals surface area contributed by atoms with E-state index in [0.717, 1.165) is 16.7 Å². The van der Waals surface area contributed by atoms with Gasteiger partial charge in [0.15, 0.2) is 6.10 Å². The predicted molar refractivity (Wildman–Crippen MR) is 140 cm³/mol. The molecule has 2 aromatic carbocycles. The molecule has 1 amide bonds. The van der Waals surface area contributed by atoms with Crippen molar-refractivity contribution in [2.45, 2.75) is 17.5 Å². The van der Waals surface area contributed by atoms with Crippen LogP contribution in [0.15, 0.2) is 77.0 Å². The smallest absolute Gasteiger partial charge is 0.356 e. The molecule has 1 saturated heterocycles. The van der Waals surface area contributed by atoms with E-state index in [4.69, 9.17) is 16.9 Å². The molecule has 0 spiro atoms. The van der Waals surface area contributed by atoms with E-state index in [1.54, 1.807) is 21.4 Å². The molecule has 0 saturated carbocycles. The van der Waals surface area contributed by atoms with Gasteiger partial charge < -0.3 is 10.5 Å². The Morgan fingerprint density at radius 1 is 1.22 bits per heavy atom. The van der Waals surface area contributed by atoms with Crippen LogP contribution in [0.2, 0.25) is 0 Å². The van der Waals surface area contributed by atoms with Gasteiger partial charge in [-0.1, -0.05) is 71.7 Å². The van der Waals surface area contributed by atoms with Gasteiger partial charge in [0.25, 0.3) is 0 Å². The SMILES string of the molecule is C#CCN1NC=NN1SCC1=C(C(=O)OC(c2ccccc2)c2ccccc2)N2C(=O)C(N)[C@H]2SC1. The highest BCUT2D eigenvalue weighted by atomic mass is 32.2. The Hall–Kier alpha value is -3.43. The summed E-state index contributed by atoms with van der Waals surface area (Å²) >= 11 is 2.90. The van der Waals surface area contributed by atoms with Crippen molar-refractivity contribution < 1.29 is 14.3 Å². The molecule has 5 rings (SSSR count). The van der Waals surface area contributed by atoms with Gasteiger partial charge >= 0.3 is 5.97 Å². The van der Waals surface area contributed by atoms with Crippen molar-refractivity contribution in [1.82, 2.24) is 20.0 Å². The fourth-order valence-corrected chi connectivity index (χ4v) is 6.40. The molecule has 3 N–H and O–H groups in total. The minimum atomic E-state index is -0.635. The number of nitrogens with two attached hydrogens (primary N) is 1. The lowest BCUT2D eigenvalue weighted by atomic mass is 10.0. The van der Waals surface area contributed by atoms with E-state index in [2.05, 4.69) is 16.4 Å². The predicted octanol–water partition coefficient (Wildman–Crippen LogP) is 2.08. The first-order chi connectivity index (χ1) is 17.6. The Bertz CT molecular complexity index is 1190. The zero-order chi connectivity index (χ0) is 25.1. The summed E-state index contributed by atoms with van der Waals surface area (Å²) in [4.78, 5) is 28.0. The average Bonchev–Trinajstić information content (AvgIpc) is 3.37. The number of esters is 1. The van der Waals surface area contributed by atoms with Gasteiger partial charge in [-0.15, -0.1) is 27.8 Å². The second-order valence-electron chi connectivity index (χ2n) is 8.16. The second-order valence-corrected chi connectivity index (χ2v) is 10.1. The number of thioether (sulfide) groups is 1. The summed E-state index contributed by atoms with van der Waals surface area (Å²) in [5.41, 5.74) is 11.7. The zero-order valence-electron chi connectivity index (χ0n) is 19.2. The number of carbonyl (C=O) groups excluding carboxylic acids is 2. The Labute approximate surface area is 217 Å². The molecule has 2 aromatic rings. The third-order valence-corrected chi connectivity index (χ3v) is 8.24. The fraction of sp³-hybridized carbons (Fsp3) is 0.240. The maximum atomic E-state index is 13.7. The first kappa shape index (κ1) is 24.3. The van der Waals surface area contributed by atoms with Crippen molar-refractivity contribution >= 4 is 41.9 Å². The monoisotopic (exact) mass is 520 g/mol. The number of hydrogen-bond acceptors (Lipinski definition) is 10. The molecule has 9 nitrogen and oxygen atoms in total. The third-order valence-electron chi connectivity index (χ3n) is 5.88. The van der Waals surface area contributed by atoms with Gasteiger partial charge in [-0.3, -0.25) is 15.1 Å². The largest absolute Gasteiger partial charge is 0.448 e. The number of fused-ring (bicyclic) bond motifs is 1. The van der Waals surface area contributed by atoms with Gasteiger partial charge in [-0.05, 0) is 28.6 Å². The average molecular weight is 521 g/mol. The van der Waals surface area contributed by atoms with Crippen LogP contribution >= 0.6 is 23.7 Å². The molecule has 0 aliphatic carbocycles.